The molecule has 18 heavy (non-hydrogen) atoms. The van der Waals surface area contributed by atoms with Crippen molar-refractivity contribution in [1.82, 2.24) is 9.97 Å². The van der Waals surface area contributed by atoms with Crippen molar-refractivity contribution >= 4 is 11.8 Å². The van der Waals surface area contributed by atoms with Gasteiger partial charge >= 0.3 is 0 Å². The number of hydrogen-bond donors (Lipinski definition) is 2. The molecule has 1 aromatic heterocycles. The van der Waals surface area contributed by atoms with Crippen LogP contribution in [0.25, 0.3) is 0 Å². The molecule has 6 heteroatoms. The van der Waals surface area contributed by atoms with Gasteiger partial charge in [0.1, 0.15) is 17.5 Å². The quantitative estimate of drug-likeness (QED) is 0.877. The maximum absolute atomic E-state index is 13.4. The number of nitrogens with one attached hydrogen (secondary N) is 1. The van der Waals surface area contributed by atoms with Gasteiger partial charge in [-0.15, -0.1) is 0 Å². The largest absolute Gasteiger partial charge is 0.368 e. The lowest BCUT2D eigenvalue weighted by molar-refractivity contribution is 0.574. The van der Waals surface area contributed by atoms with Gasteiger partial charge in [-0.1, -0.05) is 6.07 Å². The smallest absolute Gasteiger partial charge is 0.222 e. The van der Waals surface area contributed by atoms with E-state index in [1.807, 2.05) is 0 Å². The molecule has 3 N–H and O–H groups in total. The summed E-state index contributed by atoms with van der Waals surface area (Å²) in [4.78, 5) is 7.88. The van der Waals surface area contributed by atoms with Gasteiger partial charge in [-0.2, -0.15) is 4.98 Å². The Balaban J connectivity index is 2.11. The SMILES string of the molecule is Cc1cc(NCc2ccc(F)cc2F)nc(N)n1. The molecule has 4 nitrogen and oxygen atoms in total. The van der Waals surface area contributed by atoms with E-state index in [9.17, 15) is 8.78 Å². The lowest BCUT2D eigenvalue weighted by Gasteiger charge is -2.07. The highest BCUT2D eigenvalue weighted by atomic mass is 19.1. The van der Waals surface area contributed by atoms with Crippen molar-refractivity contribution in [3.63, 3.8) is 0 Å². The second-order valence-corrected chi connectivity index (χ2v) is 3.84. The van der Waals surface area contributed by atoms with Gasteiger partial charge < -0.3 is 11.1 Å². The number of halogens is 2. The second-order valence-electron chi connectivity index (χ2n) is 3.84. The van der Waals surface area contributed by atoms with Crippen molar-refractivity contribution in [2.75, 3.05) is 11.1 Å². The molecule has 2 rings (SSSR count). The number of rotatable bonds is 3. The van der Waals surface area contributed by atoms with Gasteiger partial charge in [0.05, 0.1) is 0 Å². The number of aromatic nitrogens is 2. The zero-order valence-corrected chi connectivity index (χ0v) is 9.74. The Kier molecular flexibility index (Phi) is 3.36. The molecule has 0 saturated carbocycles. The third-order valence-corrected chi connectivity index (χ3v) is 2.35. The predicted octanol–water partition coefficient (Wildman–Crippen LogP) is 2.26. The minimum Gasteiger partial charge on any atom is -0.368 e. The van der Waals surface area contributed by atoms with Crippen LogP contribution in [0.3, 0.4) is 0 Å². The number of nitrogen functional groups attached to an aromatic ring is 1. The Bertz CT molecular complexity index is 552. The predicted molar refractivity (Wildman–Crippen MR) is 64.9 cm³/mol. The van der Waals surface area contributed by atoms with Crippen LogP contribution in [0.1, 0.15) is 11.3 Å². The lowest BCUT2D eigenvalue weighted by Crippen LogP contribution is -2.06. The van der Waals surface area contributed by atoms with Crippen molar-refractivity contribution in [2.45, 2.75) is 13.5 Å². The molecular weight excluding hydrogens is 238 g/mol. The topological polar surface area (TPSA) is 63.8 Å². The first-order valence-electron chi connectivity index (χ1n) is 5.33. The van der Waals surface area contributed by atoms with Crippen molar-refractivity contribution in [3.8, 4) is 0 Å². The number of nitrogens with zero attached hydrogens (tertiary/aromatic N) is 2. The molecule has 0 aliphatic carbocycles. The zero-order valence-electron chi connectivity index (χ0n) is 9.74. The van der Waals surface area contributed by atoms with Crippen LogP contribution in [0.4, 0.5) is 20.5 Å². The summed E-state index contributed by atoms with van der Waals surface area (Å²) in [6.45, 7) is 1.98. The molecule has 0 aliphatic rings. The van der Waals surface area contributed by atoms with Gasteiger partial charge in [-0.3, -0.25) is 0 Å². The number of hydrogen-bond acceptors (Lipinski definition) is 4. The molecular formula is C12H12F2N4. The Morgan fingerprint density at radius 2 is 2.00 bits per heavy atom. The Labute approximate surface area is 103 Å². The van der Waals surface area contributed by atoms with E-state index in [1.54, 1.807) is 13.0 Å². The van der Waals surface area contributed by atoms with Crippen molar-refractivity contribution in [2.24, 2.45) is 0 Å². The van der Waals surface area contributed by atoms with Gasteiger partial charge in [-0.25, -0.2) is 13.8 Å². The molecule has 0 radical (unpaired) electrons. The summed E-state index contributed by atoms with van der Waals surface area (Å²) in [6, 6.07) is 5.13. The third kappa shape index (κ3) is 2.91. The third-order valence-electron chi connectivity index (χ3n) is 2.35. The first-order chi connectivity index (χ1) is 8.54. The van der Waals surface area contributed by atoms with Gasteiger partial charge in [0.25, 0.3) is 0 Å². The number of nitrogens with two attached hydrogens (primary N) is 1. The normalized spacial score (nSPS) is 10.4. The fraction of sp³-hybridized carbons (Fsp3) is 0.167. The molecule has 2 aromatic rings. The molecule has 0 spiro atoms. The first-order valence-corrected chi connectivity index (χ1v) is 5.33. The highest BCUT2D eigenvalue weighted by molar-refractivity contribution is 5.41. The summed E-state index contributed by atoms with van der Waals surface area (Å²) < 4.78 is 26.1. The van der Waals surface area contributed by atoms with Gasteiger partial charge in [0.15, 0.2) is 0 Å². The van der Waals surface area contributed by atoms with E-state index in [4.69, 9.17) is 5.73 Å². The van der Waals surface area contributed by atoms with Crippen LogP contribution in [0.15, 0.2) is 24.3 Å². The second kappa shape index (κ2) is 4.95. The monoisotopic (exact) mass is 250 g/mol. The number of aryl methyl sites for hydroxylation is 1. The summed E-state index contributed by atoms with van der Waals surface area (Å²) in [6.07, 6.45) is 0. The van der Waals surface area contributed by atoms with Crippen LogP contribution in [-0.2, 0) is 6.54 Å². The van der Waals surface area contributed by atoms with E-state index in [2.05, 4.69) is 15.3 Å². The molecule has 0 atom stereocenters. The van der Waals surface area contributed by atoms with E-state index < -0.39 is 11.6 Å². The Morgan fingerprint density at radius 1 is 1.22 bits per heavy atom. The van der Waals surface area contributed by atoms with E-state index in [1.165, 1.54) is 12.1 Å². The van der Waals surface area contributed by atoms with Crippen molar-refractivity contribution < 1.29 is 8.78 Å². The fourth-order valence-electron chi connectivity index (χ4n) is 1.53. The highest BCUT2D eigenvalue weighted by Gasteiger charge is 2.04. The van der Waals surface area contributed by atoms with E-state index >= 15 is 0 Å². The summed E-state index contributed by atoms with van der Waals surface area (Å²) >= 11 is 0. The average molecular weight is 250 g/mol. The minimum absolute atomic E-state index is 0.150. The van der Waals surface area contributed by atoms with Gasteiger partial charge in [0, 0.05) is 29.9 Å². The summed E-state index contributed by atoms with van der Waals surface area (Å²) in [5, 5.41) is 2.91. The van der Waals surface area contributed by atoms with Crippen LogP contribution in [-0.4, -0.2) is 9.97 Å². The standard InChI is InChI=1S/C12H12F2N4/c1-7-4-11(18-12(15)17-7)16-6-8-2-3-9(13)5-10(8)14/h2-5H,6H2,1H3,(H3,15,16,17,18). The van der Waals surface area contributed by atoms with Crippen LogP contribution < -0.4 is 11.1 Å². The Hall–Kier alpha value is -2.24. The highest BCUT2D eigenvalue weighted by Crippen LogP contribution is 2.13. The average Bonchev–Trinajstić information content (AvgIpc) is 2.26. The number of anilines is 2. The van der Waals surface area contributed by atoms with Crippen LogP contribution >= 0.6 is 0 Å². The summed E-state index contributed by atoms with van der Waals surface area (Å²) in [5.74, 6) is -0.541. The van der Waals surface area contributed by atoms with Crippen molar-refractivity contribution in [3.05, 3.63) is 47.2 Å². The minimum atomic E-state index is -0.599. The molecule has 0 fully saturated rings. The maximum atomic E-state index is 13.4. The van der Waals surface area contributed by atoms with Crippen LogP contribution in [0.2, 0.25) is 0 Å². The molecule has 0 amide bonds. The van der Waals surface area contributed by atoms with Crippen LogP contribution in [0, 0.1) is 18.6 Å². The lowest BCUT2D eigenvalue weighted by atomic mass is 10.2. The van der Waals surface area contributed by atoms with Gasteiger partial charge in [-0.05, 0) is 13.0 Å². The molecule has 0 bridgehead atoms. The summed E-state index contributed by atoms with van der Waals surface area (Å²) in [5.41, 5.74) is 6.56. The Morgan fingerprint density at radius 3 is 2.67 bits per heavy atom. The van der Waals surface area contributed by atoms with E-state index in [0.29, 0.717) is 17.1 Å². The maximum Gasteiger partial charge on any atom is 0.222 e. The van der Waals surface area contributed by atoms with Crippen molar-refractivity contribution in [1.29, 1.82) is 0 Å². The molecule has 0 saturated heterocycles. The van der Waals surface area contributed by atoms with E-state index in [0.717, 1.165) is 6.07 Å². The first kappa shape index (κ1) is 12.2. The molecule has 94 valence electrons. The fourth-order valence-corrected chi connectivity index (χ4v) is 1.53. The molecule has 1 heterocycles. The van der Waals surface area contributed by atoms with E-state index in [-0.39, 0.29) is 12.5 Å². The number of benzene rings is 1. The zero-order chi connectivity index (χ0) is 13.1. The molecule has 1 aromatic carbocycles. The molecule has 0 aliphatic heterocycles. The van der Waals surface area contributed by atoms with Crippen LogP contribution in [0.5, 0.6) is 0 Å². The molecule has 0 unspecified atom stereocenters. The van der Waals surface area contributed by atoms with Gasteiger partial charge in [0.2, 0.25) is 5.95 Å². The summed E-state index contributed by atoms with van der Waals surface area (Å²) in [7, 11) is 0.